The van der Waals surface area contributed by atoms with Gasteiger partial charge in [0.15, 0.2) is 0 Å². The van der Waals surface area contributed by atoms with Crippen molar-refractivity contribution in [2.24, 2.45) is 0 Å². The summed E-state index contributed by atoms with van der Waals surface area (Å²) >= 11 is 0. The molecule has 2 rings (SSSR count). The Balaban J connectivity index is 1.38. The maximum atomic E-state index is 11.4. The molecule has 2 fully saturated rings. The number of ether oxygens (including phenoxy) is 2. The van der Waals surface area contributed by atoms with Gasteiger partial charge in [-0.1, -0.05) is 6.58 Å². The Morgan fingerprint density at radius 2 is 1.50 bits per heavy atom. The van der Waals surface area contributed by atoms with E-state index in [9.17, 15) is 4.79 Å². The van der Waals surface area contributed by atoms with Gasteiger partial charge in [0.2, 0.25) is 5.91 Å². The largest absolute Gasteiger partial charge is 0.377 e. The second kappa shape index (κ2) is 8.27. The molecule has 0 spiro atoms. The summed E-state index contributed by atoms with van der Waals surface area (Å²) in [6.07, 6.45) is 4.03. The Bertz CT molecular complexity index is 301. The molecule has 0 aromatic rings. The summed E-state index contributed by atoms with van der Waals surface area (Å²) in [5, 5.41) is 0. The fourth-order valence-corrected chi connectivity index (χ4v) is 2.67. The van der Waals surface area contributed by atoms with Gasteiger partial charge in [0.25, 0.3) is 0 Å². The van der Waals surface area contributed by atoms with Crippen molar-refractivity contribution in [3.8, 4) is 0 Å². The highest BCUT2D eigenvalue weighted by molar-refractivity contribution is 5.77. The summed E-state index contributed by atoms with van der Waals surface area (Å²) in [5.41, 5.74) is 1.24. The predicted octanol–water partition coefficient (Wildman–Crippen LogP) is 1.25. The van der Waals surface area contributed by atoms with E-state index in [0.29, 0.717) is 32.8 Å². The molecule has 0 bridgehead atoms. The predicted molar refractivity (Wildman–Crippen MR) is 77.4 cm³/mol. The highest BCUT2D eigenvalue weighted by Crippen LogP contribution is 2.17. The SMILES string of the molecule is C=C1CCCN1CCOCCOCCN1CCCC1=O. The average Bonchev–Trinajstić information content (AvgIpc) is 3.02. The molecule has 2 aliphatic rings. The van der Waals surface area contributed by atoms with Crippen LogP contribution in [-0.2, 0) is 14.3 Å². The molecule has 2 heterocycles. The van der Waals surface area contributed by atoms with Crippen molar-refractivity contribution in [1.82, 2.24) is 9.80 Å². The lowest BCUT2D eigenvalue weighted by atomic mass is 10.3. The van der Waals surface area contributed by atoms with Gasteiger partial charge < -0.3 is 19.3 Å². The normalized spacial score (nSPS) is 19.4. The van der Waals surface area contributed by atoms with E-state index in [-0.39, 0.29) is 5.91 Å². The molecular weight excluding hydrogens is 256 g/mol. The first kappa shape index (κ1) is 15.3. The van der Waals surface area contributed by atoms with Crippen LogP contribution < -0.4 is 0 Å². The molecule has 2 aliphatic heterocycles. The zero-order chi connectivity index (χ0) is 14.2. The second-order valence-electron chi connectivity index (χ2n) is 5.37. The quantitative estimate of drug-likeness (QED) is 0.597. The molecule has 1 amide bonds. The van der Waals surface area contributed by atoms with Gasteiger partial charge in [0.1, 0.15) is 0 Å². The Morgan fingerprint density at radius 3 is 2.05 bits per heavy atom. The van der Waals surface area contributed by atoms with Gasteiger partial charge in [-0.25, -0.2) is 0 Å². The van der Waals surface area contributed by atoms with E-state index in [1.807, 2.05) is 4.90 Å². The van der Waals surface area contributed by atoms with E-state index in [1.165, 1.54) is 12.1 Å². The van der Waals surface area contributed by atoms with Crippen LogP contribution in [0.2, 0.25) is 0 Å². The molecule has 114 valence electrons. The van der Waals surface area contributed by atoms with E-state index in [4.69, 9.17) is 9.47 Å². The molecule has 20 heavy (non-hydrogen) atoms. The average molecular weight is 282 g/mol. The van der Waals surface area contributed by atoms with Crippen LogP contribution in [0.4, 0.5) is 0 Å². The fourth-order valence-electron chi connectivity index (χ4n) is 2.67. The molecule has 0 saturated carbocycles. The van der Waals surface area contributed by atoms with Crippen molar-refractivity contribution >= 4 is 5.91 Å². The number of amides is 1. The Kier molecular flexibility index (Phi) is 6.33. The Hall–Kier alpha value is -1.07. The van der Waals surface area contributed by atoms with Crippen LogP contribution in [0.15, 0.2) is 12.3 Å². The molecule has 0 radical (unpaired) electrons. The van der Waals surface area contributed by atoms with Crippen LogP contribution in [-0.4, -0.2) is 68.3 Å². The number of hydrogen-bond donors (Lipinski definition) is 0. The minimum Gasteiger partial charge on any atom is -0.377 e. The van der Waals surface area contributed by atoms with Crippen LogP contribution >= 0.6 is 0 Å². The molecule has 5 heteroatoms. The first-order valence-corrected chi connectivity index (χ1v) is 7.63. The minimum atomic E-state index is 0.260. The molecule has 0 N–H and O–H groups in total. The topological polar surface area (TPSA) is 42.0 Å². The van der Waals surface area contributed by atoms with Gasteiger partial charge in [0, 0.05) is 38.3 Å². The van der Waals surface area contributed by atoms with Crippen molar-refractivity contribution in [2.45, 2.75) is 25.7 Å². The summed E-state index contributed by atoms with van der Waals surface area (Å²) < 4.78 is 11.0. The van der Waals surface area contributed by atoms with Crippen molar-refractivity contribution in [1.29, 1.82) is 0 Å². The van der Waals surface area contributed by atoms with E-state index >= 15 is 0 Å². The lowest BCUT2D eigenvalue weighted by Gasteiger charge is -2.19. The Morgan fingerprint density at radius 1 is 0.900 bits per heavy atom. The lowest BCUT2D eigenvalue weighted by Crippen LogP contribution is -2.29. The summed E-state index contributed by atoms with van der Waals surface area (Å²) in [6.45, 7) is 10.2. The first-order valence-electron chi connectivity index (χ1n) is 7.63. The van der Waals surface area contributed by atoms with Crippen LogP contribution in [0.5, 0.6) is 0 Å². The number of nitrogens with zero attached hydrogens (tertiary/aromatic N) is 2. The van der Waals surface area contributed by atoms with Gasteiger partial charge in [-0.2, -0.15) is 0 Å². The Labute approximate surface area is 121 Å². The zero-order valence-electron chi connectivity index (χ0n) is 12.3. The van der Waals surface area contributed by atoms with Crippen molar-refractivity contribution in [3.05, 3.63) is 12.3 Å². The van der Waals surface area contributed by atoms with Gasteiger partial charge in [-0.05, 0) is 19.3 Å². The van der Waals surface area contributed by atoms with Crippen molar-refractivity contribution in [2.75, 3.05) is 52.6 Å². The van der Waals surface area contributed by atoms with Crippen LogP contribution in [0, 0.1) is 0 Å². The number of likely N-dealkylation sites (tertiary alicyclic amines) is 2. The third-order valence-corrected chi connectivity index (χ3v) is 3.90. The third kappa shape index (κ3) is 4.80. The third-order valence-electron chi connectivity index (χ3n) is 3.90. The molecule has 0 aliphatic carbocycles. The van der Waals surface area contributed by atoms with Crippen LogP contribution in [0.1, 0.15) is 25.7 Å². The van der Waals surface area contributed by atoms with Crippen LogP contribution in [0.25, 0.3) is 0 Å². The highest BCUT2D eigenvalue weighted by atomic mass is 16.5. The molecule has 0 aromatic heterocycles. The number of hydrogen-bond acceptors (Lipinski definition) is 4. The molecule has 0 aromatic carbocycles. The standard InChI is InChI=1S/C15H26N2O3/c1-14-4-2-6-16(14)8-10-19-12-13-20-11-9-17-7-3-5-15(17)18/h1-13H2. The molecule has 0 unspecified atom stereocenters. The van der Waals surface area contributed by atoms with E-state index in [1.54, 1.807) is 0 Å². The van der Waals surface area contributed by atoms with Crippen molar-refractivity contribution < 1.29 is 14.3 Å². The van der Waals surface area contributed by atoms with Crippen LogP contribution in [0.3, 0.4) is 0 Å². The number of carbonyl (C=O) groups is 1. The molecule has 2 saturated heterocycles. The van der Waals surface area contributed by atoms with Gasteiger partial charge in [0.05, 0.1) is 26.4 Å². The maximum absolute atomic E-state index is 11.4. The molecule has 5 nitrogen and oxygen atoms in total. The number of rotatable bonds is 9. The summed E-state index contributed by atoms with van der Waals surface area (Å²) in [5.74, 6) is 0.260. The van der Waals surface area contributed by atoms with Gasteiger partial charge >= 0.3 is 0 Å². The van der Waals surface area contributed by atoms with Gasteiger partial charge in [-0.15, -0.1) is 0 Å². The fraction of sp³-hybridized carbons (Fsp3) is 0.800. The second-order valence-corrected chi connectivity index (χ2v) is 5.37. The van der Waals surface area contributed by atoms with E-state index in [2.05, 4.69) is 11.5 Å². The number of carbonyl (C=O) groups excluding carboxylic acids is 1. The minimum absolute atomic E-state index is 0.260. The number of allylic oxidation sites excluding steroid dienone is 1. The van der Waals surface area contributed by atoms with E-state index < -0.39 is 0 Å². The summed E-state index contributed by atoms with van der Waals surface area (Å²) in [4.78, 5) is 15.5. The van der Waals surface area contributed by atoms with Crippen molar-refractivity contribution in [3.63, 3.8) is 0 Å². The monoisotopic (exact) mass is 282 g/mol. The highest BCUT2D eigenvalue weighted by Gasteiger charge is 2.19. The summed E-state index contributed by atoms with van der Waals surface area (Å²) in [6, 6.07) is 0. The van der Waals surface area contributed by atoms with Gasteiger partial charge in [-0.3, -0.25) is 4.79 Å². The molecule has 0 atom stereocenters. The maximum Gasteiger partial charge on any atom is 0.222 e. The van der Waals surface area contributed by atoms with E-state index in [0.717, 1.165) is 39.1 Å². The molecular formula is C15H26N2O3. The zero-order valence-corrected chi connectivity index (χ0v) is 12.3. The summed E-state index contributed by atoms with van der Waals surface area (Å²) in [7, 11) is 0. The smallest absolute Gasteiger partial charge is 0.222 e. The first-order chi connectivity index (χ1) is 9.77. The lowest BCUT2D eigenvalue weighted by molar-refractivity contribution is -0.128.